The minimum atomic E-state index is 0.187. The lowest BCUT2D eigenvalue weighted by molar-refractivity contribution is -0.969. The van der Waals surface area contributed by atoms with Crippen molar-refractivity contribution in [2.24, 2.45) is 28.6 Å². The van der Waals surface area contributed by atoms with Gasteiger partial charge in [-0.1, -0.05) is 20.3 Å². The van der Waals surface area contributed by atoms with Crippen molar-refractivity contribution >= 4 is 12.3 Å². The lowest BCUT2D eigenvalue weighted by Gasteiger charge is -2.62. The zero-order valence-electron chi connectivity index (χ0n) is 16.5. The maximum absolute atomic E-state index is 12.9. The lowest BCUT2D eigenvalue weighted by atomic mass is 9.47. The van der Waals surface area contributed by atoms with Crippen LogP contribution in [0.3, 0.4) is 0 Å². The fraction of sp³-hybridized carbons (Fsp3) is 0.905. The van der Waals surface area contributed by atoms with Crippen LogP contribution in [0.2, 0.25) is 0 Å². The van der Waals surface area contributed by atoms with Gasteiger partial charge >= 0.3 is 5.91 Å². The van der Waals surface area contributed by atoms with Gasteiger partial charge in [0.2, 0.25) is 0 Å². The summed E-state index contributed by atoms with van der Waals surface area (Å²) in [7, 11) is 3.78. The summed E-state index contributed by atoms with van der Waals surface area (Å²) in [5.74, 6) is 2.68. The number of carbonyl (C=O) groups is 2. The number of rotatable bonds is 2. The molecule has 0 aromatic rings. The SMILES string of the molecule is CN(C=O)[N+]1(C)C(=O)CC[C@@]2(C)[C@H]1CC[C@H]1[C@@H]3CCC[C@@]3(C)CC[C@@H]12. The maximum atomic E-state index is 12.9. The first-order valence-electron chi connectivity index (χ1n) is 10.4. The van der Waals surface area contributed by atoms with Gasteiger partial charge in [0.1, 0.15) is 6.04 Å². The van der Waals surface area contributed by atoms with Gasteiger partial charge in [-0.2, -0.15) is 9.60 Å². The molecule has 4 heteroatoms. The summed E-state index contributed by atoms with van der Waals surface area (Å²) >= 11 is 0. The Bertz CT molecular complexity index is 592. The molecule has 1 aliphatic heterocycles. The van der Waals surface area contributed by atoms with Gasteiger partial charge in [0.05, 0.1) is 20.5 Å². The largest absolute Gasteiger partial charge is 0.338 e. The molecule has 3 aliphatic carbocycles. The molecule has 4 fully saturated rings. The van der Waals surface area contributed by atoms with Crippen molar-refractivity contribution in [3.8, 4) is 0 Å². The molecule has 4 aliphatic rings. The van der Waals surface area contributed by atoms with E-state index in [1.165, 1.54) is 38.5 Å². The number of carbonyl (C=O) groups excluding carboxylic acids is 2. The van der Waals surface area contributed by atoms with Crippen molar-refractivity contribution in [2.75, 3.05) is 14.1 Å². The van der Waals surface area contributed by atoms with Crippen LogP contribution in [0.1, 0.15) is 71.6 Å². The van der Waals surface area contributed by atoms with Gasteiger partial charge in [0.25, 0.3) is 6.41 Å². The van der Waals surface area contributed by atoms with Crippen LogP contribution in [0.5, 0.6) is 0 Å². The lowest BCUT2D eigenvalue weighted by Crippen LogP contribution is -2.73. The van der Waals surface area contributed by atoms with E-state index in [1.807, 2.05) is 7.05 Å². The van der Waals surface area contributed by atoms with E-state index in [0.29, 0.717) is 11.8 Å². The smallest absolute Gasteiger partial charge is 0.273 e. The minimum absolute atomic E-state index is 0.187. The number of quaternary nitrogens is 1. The van der Waals surface area contributed by atoms with Crippen molar-refractivity contribution < 1.29 is 14.2 Å². The molecular weight excluding hydrogens is 312 g/mol. The summed E-state index contributed by atoms with van der Waals surface area (Å²) < 4.78 is 0.200. The van der Waals surface area contributed by atoms with Crippen molar-refractivity contribution in [2.45, 2.75) is 77.7 Å². The Kier molecular flexibility index (Phi) is 3.89. The molecule has 0 aromatic heterocycles. The summed E-state index contributed by atoms with van der Waals surface area (Å²) in [4.78, 5) is 24.4. The van der Waals surface area contributed by atoms with Gasteiger partial charge in [0, 0.05) is 11.8 Å². The van der Waals surface area contributed by atoms with Crippen LogP contribution < -0.4 is 0 Å². The third kappa shape index (κ3) is 2.15. The number of hydrogen-bond acceptors (Lipinski definition) is 2. The van der Waals surface area contributed by atoms with Crippen molar-refractivity contribution in [1.82, 2.24) is 5.01 Å². The quantitative estimate of drug-likeness (QED) is 0.563. The average molecular weight is 348 g/mol. The predicted octanol–water partition coefficient (Wildman–Crippen LogP) is 3.76. The highest BCUT2D eigenvalue weighted by Crippen LogP contribution is 2.65. The Balaban J connectivity index is 1.70. The Morgan fingerprint density at radius 3 is 2.56 bits per heavy atom. The highest BCUT2D eigenvalue weighted by atomic mass is 16.2. The monoisotopic (exact) mass is 347 g/mol. The van der Waals surface area contributed by atoms with Gasteiger partial charge < -0.3 is 0 Å². The Morgan fingerprint density at radius 1 is 1.08 bits per heavy atom. The van der Waals surface area contributed by atoms with E-state index in [2.05, 4.69) is 13.8 Å². The van der Waals surface area contributed by atoms with Crippen LogP contribution in [0.15, 0.2) is 0 Å². The van der Waals surface area contributed by atoms with Crippen molar-refractivity contribution in [3.05, 3.63) is 0 Å². The van der Waals surface area contributed by atoms with E-state index in [0.717, 1.165) is 37.0 Å². The first kappa shape index (κ1) is 17.5. The Morgan fingerprint density at radius 2 is 1.84 bits per heavy atom. The molecule has 1 heterocycles. The first-order chi connectivity index (χ1) is 11.8. The van der Waals surface area contributed by atoms with Crippen LogP contribution >= 0.6 is 0 Å². The van der Waals surface area contributed by atoms with Crippen molar-refractivity contribution in [1.29, 1.82) is 0 Å². The fourth-order valence-corrected chi connectivity index (χ4v) is 7.88. The zero-order valence-corrected chi connectivity index (χ0v) is 16.5. The Hall–Kier alpha value is -0.900. The summed E-state index contributed by atoms with van der Waals surface area (Å²) in [6.07, 6.45) is 11.7. The average Bonchev–Trinajstić information content (AvgIpc) is 2.99. The summed E-state index contributed by atoms with van der Waals surface area (Å²) in [5, 5.41) is 1.63. The summed E-state index contributed by atoms with van der Waals surface area (Å²) in [6, 6.07) is 0.260. The molecule has 0 aromatic carbocycles. The second kappa shape index (κ2) is 5.55. The minimum Gasteiger partial charge on any atom is -0.273 e. The molecule has 2 amide bonds. The topological polar surface area (TPSA) is 37.4 Å². The zero-order chi connectivity index (χ0) is 18.0. The van der Waals surface area contributed by atoms with Crippen LogP contribution in [-0.2, 0) is 9.59 Å². The van der Waals surface area contributed by atoms with E-state index in [-0.39, 0.29) is 22.0 Å². The predicted molar refractivity (Wildman–Crippen MR) is 97.0 cm³/mol. The van der Waals surface area contributed by atoms with Crippen molar-refractivity contribution in [3.63, 3.8) is 0 Å². The van der Waals surface area contributed by atoms with E-state index in [9.17, 15) is 9.59 Å². The van der Waals surface area contributed by atoms with Crippen LogP contribution in [0.4, 0.5) is 0 Å². The number of piperidine rings is 1. The van der Waals surface area contributed by atoms with Gasteiger partial charge in [-0.3, -0.25) is 4.79 Å². The molecule has 0 bridgehead atoms. The summed E-state index contributed by atoms with van der Waals surface area (Å²) in [5.41, 5.74) is 0.763. The molecule has 1 saturated heterocycles. The highest BCUT2D eigenvalue weighted by molar-refractivity contribution is 5.71. The molecule has 0 N–H and O–H groups in total. The maximum Gasteiger partial charge on any atom is 0.338 e. The number of hydrogen-bond donors (Lipinski definition) is 0. The van der Waals surface area contributed by atoms with E-state index < -0.39 is 0 Å². The van der Waals surface area contributed by atoms with Gasteiger partial charge in [-0.05, 0) is 61.7 Å². The molecule has 1 unspecified atom stereocenters. The van der Waals surface area contributed by atoms with E-state index in [4.69, 9.17) is 0 Å². The molecule has 4 rings (SSSR count). The molecule has 7 atom stereocenters. The fourth-order valence-electron chi connectivity index (χ4n) is 7.88. The second-order valence-electron chi connectivity index (χ2n) is 10.2. The summed E-state index contributed by atoms with van der Waals surface area (Å²) in [6.45, 7) is 4.99. The standard InChI is InChI=1S/C21H35N2O2/c1-20-11-5-6-16(20)15-7-8-18-21(2,17(15)9-12-20)13-10-19(25)23(18,4)22(3)14-24/h14-18H,5-13H2,1-4H3/q+1/t15-,16-,17-,18+,20-,21+,23?/m0/s1. The molecular formula is C21H35N2O2+. The van der Waals surface area contributed by atoms with Gasteiger partial charge in [-0.25, -0.2) is 4.79 Å². The number of fused-ring (bicyclic) bond motifs is 5. The molecule has 3 saturated carbocycles. The number of nitrogens with zero attached hydrogens (tertiary/aromatic N) is 2. The van der Waals surface area contributed by atoms with Gasteiger partial charge in [-0.15, -0.1) is 0 Å². The number of likely N-dealkylation sites (tertiary alicyclic amines) is 1. The molecule has 0 radical (unpaired) electrons. The molecule has 0 spiro atoms. The van der Waals surface area contributed by atoms with E-state index in [1.54, 1.807) is 12.1 Å². The van der Waals surface area contributed by atoms with Crippen LogP contribution in [-0.4, -0.2) is 42.1 Å². The third-order valence-corrected chi connectivity index (χ3v) is 9.40. The highest BCUT2D eigenvalue weighted by Gasteiger charge is 2.65. The normalized spacial score (nSPS) is 52.1. The number of amides is 2. The molecule has 140 valence electrons. The van der Waals surface area contributed by atoms with Crippen LogP contribution in [0, 0.1) is 28.6 Å². The van der Waals surface area contributed by atoms with Gasteiger partial charge in [0.15, 0.2) is 0 Å². The van der Waals surface area contributed by atoms with E-state index >= 15 is 0 Å². The second-order valence-corrected chi connectivity index (χ2v) is 10.2. The third-order valence-electron chi connectivity index (χ3n) is 9.40. The first-order valence-corrected chi connectivity index (χ1v) is 10.4. The van der Waals surface area contributed by atoms with Crippen LogP contribution in [0.25, 0.3) is 0 Å². The molecule has 25 heavy (non-hydrogen) atoms. The molecule has 4 nitrogen and oxygen atoms in total. The Labute approximate surface area is 152 Å².